The number of nitrogens with zero attached hydrogens (tertiary/aromatic N) is 4. The summed E-state index contributed by atoms with van der Waals surface area (Å²) < 4.78 is 36.8. The minimum absolute atomic E-state index is 0.0711. The molecule has 1 atom stereocenters. The van der Waals surface area contributed by atoms with Crippen LogP contribution in [-0.4, -0.2) is 31.4 Å². The number of halogens is 3. The van der Waals surface area contributed by atoms with Crippen LogP contribution in [0.1, 0.15) is 18.4 Å². The van der Waals surface area contributed by atoms with Crippen LogP contribution in [0.15, 0.2) is 58.4 Å². The van der Waals surface area contributed by atoms with E-state index in [2.05, 4.69) is 4.98 Å². The van der Waals surface area contributed by atoms with Gasteiger partial charge in [-0.25, -0.2) is 23.1 Å². The second kappa shape index (κ2) is 8.57. The van der Waals surface area contributed by atoms with Gasteiger partial charge in [-0.1, -0.05) is 17.7 Å². The molecule has 0 unspecified atom stereocenters. The van der Waals surface area contributed by atoms with E-state index in [1.807, 2.05) is 0 Å². The molecule has 33 heavy (non-hydrogen) atoms. The molecule has 2 aromatic heterocycles. The lowest BCUT2D eigenvalue weighted by Crippen LogP contribution is -2.42. The largest absolute Gasteiger partial charge is 0.376 e. The van der Waals surface area contributed by atoms with Gasteiger partial charge in [-0.2, -0.15) is 0 Å². The molecule has 5 rings (SSSR count). The molecule has 1 saturated heterocycles. The zero-order valence-corrected chi connectivity index (χ0v) is 18.1. The fraction of sp³-hybridized carbons (Fsp3) is 0.261. The van der Waals surface area contributed by atoms with E-state index in [-0.39, 0.29) is 30.4 Å². The Bertz CT molecular complexity index is 1450. The number of hydrogen-bond donors (Lipinski definition) is 0. The summed E-state index contributed by atoms with van der Waals surface area (Å²) in [7, 11) is 0. The summed E-state index contributed by atoms with van der Waals surface area (Å²) >= 11 is 6.01. The Balaban J connectivity index is 1.71. The molecule has 0 N–H and O–H groups in total. The Morgan fingerprint density at radius 2 is 1.88 bits per heavy atom. The average molecular weight is 473 g/mol. The molecule has 0 saturated carbocycles. The highest BCUT2D eigenvalue weighted by molar-refractivity contribution is 6.30. The van der Waals surface area contributed by atoms with Crippen LogP contribution in [0.25, 0.3) is 16.9 Å². The monoisotopic (exact) mass is 472 g/mol. The van der Waals surface area contributed by atoms with Gasteiger partial charge in [0.05, 0.1) is 24.7 Å². The van der Waals surface area contributed by atoms with Crippen LogP contribution >= 0.6 is 11.6 Å². The Kier molecular flexibility index (Phi) is 5.59. The maximum absolute atomic E-state index is 13.7. The van der Waals surface area contributed by atoms with Gasteiger partial charge in [0, 0.05) is 18.2 Å². The predicted octanol–water partition coefficient (Wildman–Crippen LogP) is 3.51. The zero-order chi connectivity index (χ0) is 23.1. The van der Waals surface area contributed by atoms with Gasteiger partial charge in [-0.05, 0) is 54.8 Å². The Labute approximate surface area is 191 Å². The van der Waals surface area contributed by atoms with Crippen molar-refractivity contribution in [2.45, 2.75) is 32.0 Å². The summed E-state index contributed by atoms with van der Waals surface area (Å²) in [4.78, 5) is 31.2. The van der Waals surface area contributed by atoms with E-state index < -0.39 is 22.9 Å². The first-order chi connectivity index (χ1) is 15.9. The highest BCUT2D eigenvalue weighted by atomic mass is 35.5. The lowest BCUT2D eigenvalue weighted by atomic mass is 10.2. The Morgan fingerprint density at radius 1 is 1.09 bits per heavy atom. The van der Waals surface area contributed by atoms with E-state index in [0.29, 0.717) is 22.9 Å². The van der Waals surface area contributed by atoms with E-state index >= 15 is 0 Å². The Hall–Kier alpha value is -3.30. The third kappa shape index (κ3) is 3.98. The lowest BCUT2D eigenvalue weighted by Gasteiger charge is -2.15. The molecule has 0 bridgehead atoms. The molecule has 1 fully saturated rings. The smallest absolute Gasteiger partial charge is 0.337 e. The molecule has 1 aliphatic heterocycles. The van der Waals surface area contributed by atoms with E-state index in [1.54, 1.807) is 24.3 Å². The summed E-state index contributed by atoms with van der Waals surface area (Å²) in [6.45, 7) is 0.764. The maximum atomic E-state index is 13.7. The molecular formula is C23H19ClF2N4O3. The predicted molar refractivity (Wildman–Crippen MR) is 119 cm³/mol. The molecule has 0 radical (unpaired) electrons. The number of fused-ring (bicyclic) bond motifs is 1. The SMILES string of the molecule is O=c1c2c(ncn2Cc2ccc(F)c(F)c2)n(-c2ccc(Cl)cc2)c(=O)n1C[C@@H]1CCCO1. The number of aromatic nitrogens is 4. The third-order valence-electron chi connectivity index (χ3n) is 5.73. The van der Waals surface area contributed by atoms with Crippen molar-refractivity contribution in [1.82, 2.24) is 18.7 Å². The first kappa shape index (κ1) is 21.5. The number of hydrogen-bond acceptors (Lipinski definition) is 4. The van der Waals surface area contributed by atoms with Gasteiger partial charge in [-0.15, -0.1) is 0 Å². The highest BCUT2D eigenvalue weighted by Crippen LogP contribution is 2.19. The number of imidazole rings is 1. The van der Waals surface area contributed by atoms with Crippen LogP contribution in [0, 0.1) is 11.6 Å². The quantitative estimate of drug-likeness (QED) is 0.445. The summed E-state index contributed by atoms with van der Waals surface area (Å²) in [6, 6.07) is 10.2. The van der Waals surface area contributed by atoms with E-state index in [4.69, 9.17) is 16.3 Å². The van der Waals surface area contributed by atoms with Crippen LogP contribution in [-0.2, 0) is 17.8 Å². The molecule has 0 aliphatic carbocycles. The maximum Gasteiger partial charge on any atom is 0.337 e. The lowest BCUT2D eigenvalue weighted by molar-refractivity contribution is 0.0950. The third-order valence-corrected chi connectivity index (χ3v) is 5.98. The first-order valence-corrected chi connectivity index (χ1v) is 10.8. The second-order valence-corrected chi connectivity index (χ2v) is 8.37. The van der Waals surface area contributed by atoms with Gasteiger partial charge in [0.2, 0.25) is 0 Å². The van der Waals surface area contributed by atoms with E-state index in [9.17, 15) is 18.4 Å². The van der Waals surface area contributed by atoms with Gasteiger partial charge in [0.1, 0.15) is 0 Å². The Morgan fingerprint density at radius 3 is 2.58 bits per heavy atom. The number of ether oxygens (including phenoxy) is 1. The van der Waals surface area contributed by atoms with Crippen molar-refractivity contribution in [2.75, 3.05) is 6.61 Å². The van der Waals surface area contributed by atoms with Crippen molar-refractivity contribution in [2.24, 2.45) is 0 Å². The molecule has 4 aromatic rings. The van der Waals surface area contributed by atoms with Crippen molar-refractivity contribution in [3.63, 3.8) is 0 Å². The molecule has 0 amide bonds. The van der Waals surface area contributed by atoms with Crippen molar-refractivity contribution < 1.29 is 13.5 Å². The summed E-state index contributed by atoms with van der Waals surface area (Å²) in [5.41, 5.74) is 0.223. The summed E-state index contributed by atoms with van der Waals surface area (Å²) in [5.74, 6) is -1.93. The summed E-state index contributed by atoms with van der Waals surface area (Å²) in [5, 5.41) is 0.500. The van der Waals surface area contributed by atoms with Gasteiger partial charge >= 0.3 is 5.69 Å². The average Bonchev–Trinajstić information content (AvgIpc) is 3.45. The van der Waals surface area contributed by atoms with Crippen LogP contribution in [0.5, 0.6) is 0 Å². The standard InChI is InChI=1S/C23H19ClF2N4O3/c24-15-4-6-16(7-5-15)30-21-20(22(31)29(23(30)32)12-17-2-1-9-33-17)28(13-27-21)11-14-3-8-18(25)19(26)10-14/h3-8,10,13,17H,1-2,9,11-12H2/t17-/m0/s1. The minimum atomic E-state index is -0.981. The van der Waals surface area contributed by atoms with Crippen LogP contribution in [0.3, 0.4) is 0 Å². The van der Waals surface area contributed by atoms with Crippen molar-refractivity contribution in [1.29, 1.82) is 0 Å². The van der Waals surface area contributed by atoms with Crippen molar-refractivity contribution >= 4 is 22.8 Å². The molecule has 10 heteroatoms. The normalized spacial score (nSPS) is 16.0. The van der Waals surface area contributed by atoms with Crippen molar-refractivity contribution in [3.8, 4) is 5.69 Å². The highest BCUT2D eigenvalue weighted by Gasteiger charge is 2.23. The fourth-order valence-corrected chi connectivity index (χ4v) is 4.24. The van der Waals surface area contributed by atoms with Crippen molar-refractivity contribution in [3.05, 3.63) is 91.9 Å². The van der Waals surface area contributed by atoms with Gasteiger partial charge < -0.3 is 9.30 Å². The van der Waals surface area contributed by atoms with Gasteiger partial charge in [0.25, 0.3) is 5.56 Å². The molecule has 7 nitrogen and oxygen atoms in total. The first-order valence-electron chi connectivity index (χ1n) is 10.4. The molecule has 1 aliphatic rings. The topological polar surface area (TPSA) is 71.0 Å². The fourth-order valence-electron chi connectivity index (χ4n) is 4.11. The molecule has 170 valence electrons. The van der Waals surface area contributed by atoms with E-state index in [0.717, 1.165) is 29.5 Å². The number of benzene rings is 2. The zero-order valence-electron chi connectivity index (χ0n) is 17.4. The second-order valence-electron chi connectivity index (χ2n) is 7.94. The molecular weight excluding hydrogens is 454 g/mol. The van der Waals surface area contributed by atoms with E-state index in [1.165, 1.54) is 21.5 Å². The van der Waals surface area contributed by atoms with Gasteiger partial charge in [-0.3, -0.25) is 9.36 Å². The van der Waals surface area contributed by atoms with Crippen LogP contribution < -0.4 is 11.2 Å². The molecule has 2 aromatic carbocycles. The molecule has 0 spiro atoms. The van der Waals surface area contributed by atoms with Crippen LogP contribution in [0.4, 0.5) is 8.78 Å². The van der Waals surface area contributed by atoms with Crippen LogP contribution in [0.2, 0.25) is 5.02 Å². The van der Waals surface area contributed by atoms with Gasteiger partial charge in [0.15, 0.2) is 22.8 Å². The number of rotatable bonds is 5. The molecule has 3 heterocycles. The minimum Gasteiger partial charge on any atom is -0.376 e. The summed E-state index contributed by atoms with van der Waals surface area (Å²) in [6.07, 6.45) is 2.78.